The van der Waals surface area contributed by atoms with Crippen molar-refractivity contribution in [2.24, 2.45) is 0 Å². The third-order valence-electron chi connectivity index (χ3n) is 3.80. The molecule has 1 unspecified atom stereocenters. The lowest BCUT2D eigenvalue weighted by atomic mass is 10.2. The van der Waals surface area contributed by atoms with Gasteiger partial charge in [-0.25, -0.2) is 9.37 Å². The van der Waals surface area contributed by atoms with Crippen molar-refractivity contribution < 1.29 is 8.81 Å². The van der Waals surface area contributed by atoms with Crippen molar-refractivity contribution >= 4 is 22.7 Å². The van der Waals surface area contributed by atoms with E-state index < -0.39 is 5.82 Å². The predicted molar refractivity (Wildman–Crippen MR) is 96.3 cm³/mol. The molecule has 1 atom stereocenters. The summed E-state index contributed by atoms with van der Waals surface area (Å²) < 4.78 is 19.4. The highest BCUT2D eigenvalue weighted by Gasteiger charge is 2.18. The van der Waals surface area contributed by atoms with Crippen LogP contribution in [-0.4, -0.2) is 20.2 Å². The third kappa shape index (κ3) is 3.11. The normalized spacial score (nSPS) is 12.4. The van der Waals surface area contributed by atoms with Crippen molar-refractivity contribution in [3.05, 3.63) is 70.5 Å². The molecule has 0 aliphatic carbocycles. The number of fused-ring (bicyclic) bond motifs is 1. The SMILES string of the molecule is CC(Sc1nnc(-c2ccccc2F)o1)c1nc2ccccc2c(=O)[nH]1. The minimum Gasteiger partial charge on any atom is -0.411 e. The van der Waals surface area contributed by atoms with Gasteiger partial charge in [0.1, 0.15) is 11.6 Å². The van der Waals surface area contributed by atoms with E-state index in [4.69, 9.17) is 4.42 Å². The quantitative estimate of drug-likeness (QED) is 0.549. The molecular formula is C18H13FN4O2S. The van der Waals surface area contributed by atoms with Crippen LogP contribution in [0.1, 0.15) is 18.0 Å². The van der Waals surface area contributed by atoms with Crippen molar-refractivity contribution in [1.29, 1.82) is 0 Å². The first-order chi connectivity index (χ1) is 12.6. The summed E-state index contributed by atoms with van der Waals surface area (Å²) in [7, 11) is 0. The van der Waals surface area contributed by atoms with Crippen LogP contribution in [-0.2, 0) is 0 Å². The van der Waals surface area contributed by atoms with E-state index in [0.717, 1.165) is 0 Å². The molecule has 4 rings (SSSR count). The topological polar surface area (TPSA) is 84.7 Å². The van der Waals surface area contributed by atoms with Gasteiger partial charge in [-0.1, -0.05) is 36.0 Å². The molecule has 0 spiro atoms. The Kier molecular flexibility index (Phi) is 4.26. The van der Waals surface area contributed by atoms with Gasteiger partial charge in [0.25, 0.3) is 16.7 Å². The van der Waals surface area contributed by atoms with E-state index in [1.165, 1.54) is 17.8 Å². The molecule has 2 aromatic carbocycles. The highest BCUT2D eigenvalue weighted by Crippen LogP contribution is 2.34. The van der Waals surface area contributed by atoms with Gasteiger partial charge in [-0.2, -0.15) is 0 Å². The molecule has 8 heteroatoms. The Morgan fingerprint density at radius 3 is 2.73 bits per heavy atom. The van der Waals surface area contributed by atoms with E-state index in [1.807, 2.05) is 13.0 Å². The number of hydrogen-bond acceptors (Lipinski definition) is 6. The molecule has 0 bridgehead atoms. The minimum absolute atomic E-state index is 0.109. The van der Waals surface area contributed by atoms with Crippen LogP contribution in [0.2, 0.25) is 0 Å². The number of benzene rings is 2. The highest BCUT2D eigenvalue weighted by atomic mass is 32.2. The van der Waals surface area contributed by atoms with Crippen molar-refractivity contribution in [2.75, 3.05) is 0 Å². The van der Waals surface area contributed by atoms with Gasteiger partial charge in [-0.15, -0.1) is 10.2 Å². The lowest BCUT2D eigenvalue weighted by Gasteiger charge is -2.08. The third-order valence-corrected chi connectivity index (χ3v) is 4.75. The van der Waals surface area contributed by atoms with Gasteiger partial charge < -0.3 is 9.40 Å². The van der Waals surface area contributed by atoms with Crippen molar-refractivity contribution in [2.45, 2.75) is 17.4 Å². The van der Waals surface area contributed by atoms with E-state index in [-0.39, 0.29) is 27.5 Å². The van der Waals surface area contributed by atoms with Gasteiger partial charge in [-0.3, -0.25) is 4.79 Å². The van der Waals surface area contributed by atoms with E-state index in [2.05, 4.69) is 20.2 Å². The molecule has 0 aliphatic rings. The van der Waals surface area contributed by atoms with Gasteiger partial charge in [0.15, 0.2) is 0 Å². The highest BCUT2D eigenvalue weighted by molar-refractivity contribution is 7.99. The fourth-order valence-corrected chi connectivity index (χ4v) is 3.25. The molecule has 0 fully saturated rings. The van der Waals surface area contributed by atoms with Gasteiger partial charge in [0.2, 0.25) is 0 Å². The van der Waals surface area contributed by atoms with E-state index in [1.54, 1.807) is 36.4 Å². The van der Waals surface area contributed by atoms with Crippen LogP contribution in [0.5, 0.6) is 0 Å². The maximum Gasteiger partial charge on any atom is 0.277 e. The van der Waals surface area contributed by atoms with Crippen LogP contribution >= 0.6 is 11.8 Å². The Balaban J connectivity index is 1.60. The van der Waals surface area contributed by atoms with E-state index in [0.29, 0.717) is 16.7 Å². The maximum atomic E-state index is 13.8. The second-order valence-electron chi connectivity index (χ2n) is 5.58. The molecule has 1 N–H and O–H groups in total. The summed E-state index contributed by atoms with van der Waals surface area (Å²) in [5.74, 6) is 0.184. The Morgan fingerprint density at radius 1 is 1.12 bits per heavy atom. The number of aromatic nitrogens is 4. The fraction of sp³-hybridized carbons (Fsp3) is 0.111. The van der Waals surface area contributed by atoms with Gasteiger partial charge in [-0.05, 0) is 31.2 Å². The molecule has 0 amide bonds. The number of nitrogens with one attached hydrogen (secondary N) is 1. The Bertz CT molecular complexity index is 1140. The lowest BCUT2D eigenvalue weighted by molar-refractivity contribution is 0.462. The van der Waals surface area contributed by atoms with Crippen molar-refractivity contribution in [3.8, 4) is 11.5 Å². The second-order valence-corrected chi connectivity index (χ2v) is 6.87. The molecule has 2 heterocycles. The Hall–Kier alpha value is -3.00. The largest absolute Gasteiger partial charge is 0.411 e. The maximum absolute atomic E-state index is 13.8. The van der Waals surface area contributed by atoms with Crippen LogP contribution < -0.4 is 5.56 Å². The van der Waals surface area contributed by atoms with E-state index in [9.17, 15) is 9.18 Å². The molecular weight excluding hydrogens is 355 g/mol. The standard InChI is InChI=1S/C18H13FN4O2S/c1-10(15-20-14-9-5-3-7-12(14)16(24)21-15)26-18-23-22-17(25-18)11-6-2-4-8-13(11)19/h2-10H,1H3,(H,20,21,24). The molecule has 130 valence electrons. The number of rotatable bonds is 4. The molecule has 26 heavy (non-hydrogen) atoms. The number of para-hydroxylation sites is 1. The van der Waals surface area contributed by atoms with Crippen LogP contribution in [0, 0.1) is 5.82 Å². The number of H-pyrrole nitrogens is 1. The number of aromatic amines is 1. The summed E-state index contributed by atoms with van der Waals surface area (Å²) in [5, 5.41) is 8.41. The molecule has 0 saturated carbocycles. The Morgan fingerprint density at radius 2 is 1.88 bits per heavy atom. The molecule has 2 aromatic heterocycles. The fourth-order valence-electron chi connectivity index (χ4n) is 2.50. The van der Waals surface area contributed by atoms with Crippen LogP contribution in [0.15, 0.2) is 63.0 Å². The summed E-state index contributed by atoms with van der Waals surface area (Å²) in [6.45, 7) is 1.87. The monoisotopic (exact) mass is 368 g/mol. The zero-order valence-corrected chi connectivity index (χ0v) is 14.5. The lowest BCUT2D eigenvalue weighted by Crippen LogP contribution is -2.12. The van der Waals surface area contributed by atoms with Gasteiger partial charge in [0, 0.05) is 0 Å². The molecule has 0 aliphatic heterocycles. The van der Waals surface area contributed by atoms with Crippen LogP contribution in [0.4, 0.5) is 4.39 Å². The summed E-state index contributed by atoms with van der Waals surface area (Å²) in [6.07, 6.45) is 0. The summed E-state index contributed by atoms with van der Waals surface area (Å²) in [6, 6.07) is 13.3. The Labute approximate surface area is 151 Å². The van der Waals surface area contributed by atoms with E-state index >= 15 is 0 Å². The number of thioether (sulfide) groups is 1. The van der Waals surface area contributed by atoms with Crippen LogP contribution in [0.25, 0.3) is 22.4 Å². The number of nitrogens with zero attached hydrogens (tertiary/aromatic N) is 3. The summed E-state index contributed by atoms with van der Waals surface area (Å²) >= 11 is 1.24. The van der Waals surface area contributed by atoms with Crippen molar-refractivity contribution in [1.82, 2.24) is 20.2 Å². The average Bonchev–Trinajstić information content (AvgIpc) is 3.10. The second kappa shape index (κ2) is 6.72. The molecule has 4 aromatic rings. The number of halogens is 1. The van der Waals surface area contributed by atoms with Gasteiger partial charge >= 0.3 is 0 Å². The van der Waals surface area contributed by atoms with Crippen LogP contribution in [0.3, 0.4) is 0 Å². The summed E-state index contributed by atoms with van der Waals surface area (Å²) in [4.78, 5) is 19.5. The molecule has 6 nitrogen and oxygen atoms in total. The minimum atomic E-state index is -0.429. The smallest absolute Gasteiger partial charge is 0.277 e. The first-order valence-corrected chi connectivity index (χ1v) is 8.74. The summed E-state index contributed by atoms with van der Waals surface area (Å²) in [5.41, 5.74) is 0.670. The first kappa shape index (κ1) is 16.5. The van der Waals surface area contributed by atoms with Gasteiger partial charge in [0.05, 0.1) is 21.7 Å². The predicted octanol–water partition coefficient (Wildman–Crippen LogP) is 3.97. The zero-order valence-electron chi connectivity index (χ0n) is 13.6. The number of hydrogen-bond donors (Lipinski definition) is 1. The first-order valence-electron chi connectivity index (χ1n) is 7.86. The zero-order chi connectivity index (χ0) is 18.1. The van der Waals surface area contributed by atoms with Crippen molar-refractivity contribution in [3.63, 3.8) is 0 Å². The molecule has 0 radical (unpaired) electrons. The molecule has 0 saturated heterocycles. The average molecular weight is 368 g/mol.